The number of aromatic amines is 1. The molecule has 0 radical (unpaired) electrons. The van der Waals surface area contributed by atoms with E-state index in [1.807, 2.05) is 25.4 Å². The van der Waals surface area contributed by atoms with Crippen LogP contribution in [-0.4, -0.2) is 47.4 Å². The Bertz CT molecular complexity index is 1010. The van der Waals surface area contributed by atoms with Gasteiger partial charge >= 0.3 is 0 Å². The third-order valence-electron chi connectivity index (χ3n) is 5.90. The molecular weight excluding hydrogens is 354 g/mol. The average molecular weight is 378 g/mol. The predicted octanol–water partition coefficient (Wildman–Crippen LogP) is 3.99. The summed E-state index contributed by atoms with van der Waals surface area (Å²) in [7, 11) is 4.07. The molecule has 2 aliphatic rings. The van der Waals surface area contributed by atoms with E-state index >= 15 is 0 Å². The van der Waals surface area contributed by atoms with Crippen LogP contribution in [0.25, 0.3) is 10.9 Å². The molecule has 0 saturated carbocycles. The molecule has 0 saturated heterocycles. The number of thioether (sulfide) groups is 1. The summed E-state index contributed by atoms with van der Waals surface area (Å²) in [6, 6.07) is 12.9. The molecule has 5 rings (SSSR count). The molecule has 1 aliphatic heterocycles. The van der Waals surface area contributed by atoms with E-state index in [1.54, 1.807) is 11.8 Å². The van der Waals surface area contributed by atoms with Gasteiger partial charge in [0.2, 0.25) is 0 Å². The van der Waals surface area contributed by atoms with Crippen molar-refractivity contribution in [3.05, 3.63) is 71.6 Å². The molecule has 3 heterocycles. The number of ether oxygens (including phenoxy) is 1. The van der Waals surface area contributed by atoms with Crippen LogP contribution < -0.4 is 0 Å². The fourth-order valence-electron chi connectivity index (χ4n) is 4.71. The number of hydrogen-bond donors (Lipinski definition) is 1. The predicted molar refractivity (Wildman–Crippen MR) is 110 cm³/mol. The summed E-state index contributed by atoms with van der Waals surface area (Å²) in [5, 5.41) is 2.40. The number of nitrogens with one attached hydrogen (secondary N) is 1. The highest BCUT2D eigenvalue weighted by molar-refractivity contribution is 7.99. The van der Waals surface area contributed by atoms with Crippen molar-refractivity contribution in [2.45, 2.75) is 23.1 Å². The van der Waals surface area contributed by atoms with Gasteiger partial charge in [0.05, 0.1) is 11.1 Å². The lowest BCUT2D eigenvalue weighted by molar-refractivity contribution is -0.0497. The number of benzene rings is 1. The zero-order chi connectivity index (χ0) is 18.4. The van der Waals surface area contributed by atoms with Crippen molar-refractivity contribution in [3.8, 4) is 0 Å². The lowest BCUT2D eigenvalue weighted by atomic mass is 9.73. The Morgan fingerprint density at radius 2 is 2.22 bits per heavy atom. The second-order valence-corrected chi connectivity index (χ2v) is 8.43. The minimum atomic E-state index is -0.401. The van der Waals surface area contributed by atoms with E-state index < -0.39 is 5.60 Å². The molecule has 0 fully saturated rings. The van der Waals surface area contributed by atoms with Crippen molar-refractivity contribution in [1.82, 2.24) is 14.9 Å². The van der Waals surface area contributed by atoms with E-state index in [2.05, 4.69) is 58.5 Å². The molecule has 5 heteroatoms. The Kier molecular flexibility index (Phi) is 4.11. The molecule has 1 N–H and O–H groups in total. The highest BCUT2D eigenvalue weighted by Gasteiger charge is 2.48. The van der Waals surface area contributed by atoms with Crippen LogP contribution >= 0.6 is 11.8 Å². The van der Waals surface area contributed by atoms with Gasteiger partial charge in [-0.3, -0.25) is 4.90 Å². The highest BCUT2D eigenvalue weighted by Crippen LogP contribution is 2.47. The molecule has 3 aromatic rings. The van der Waals surface area contributed by atoms with Crippen molar-refractivity contribution in [2.75, 3.05) is 26.5 Å². The standard InChI is InChI=1S/C22H23N3OS/c1-25-13-15(14-27-20-8-3-4-9-23-20)11-22(26-2)17-6-5-7-18-21(17)16(12-24-18)10-19(22)25/h3-9,11-12,19,24H,10,13-14H2,1-2H3/t19-,22+/m1/s1. The van der Waals surface area contributed by atoms with Gasteiger partial charge in [-0.25, -0.2) is 4.98 Å². The fraction of sp³-hybridized carbons (Fsp3) is 0.318. The molecule has 0 amide bonds. The number of pyridine rings is 1. The largest absolute Gasteiger partial charge is 0.368 e. The van der Waals surface area contributed by atoms with E-state index in [0.29, 0.717) is 6.04 Å². The lowest BCUT2D eigenvalue weighted by Crippen LogP contribution is -2.55. The molecule has 138 valence electrons. The zero-order valence-corrected chi connectivity index (χ0v) is 16.4. The van der Waals surface area contributed by atoms with E-state index in [1.165, 1.54) is 27.6 Å². The SMILES string of the molecule is CO[C@]12C=C(CSc3ccccn3)CN(C)[C@@H]1Cc1c[nH]c3cccc2c13. The topological polar surface area (TPSA) is 41.1 Å². The van der Waals surface area contributed by atoms with Crippen LogP contribution in [0, 0.1) is 0 Å². The number of nitrogens with zero attached hydrogens (tertiary/aromatic N) is 2. The van der Waals surface area contributed by atoms with Gasteiger partial charge in [0.25, 0.3) is 0 Å². The Labute approximate surface area is 163 Å². The number of aromatic nitrogens is 2. The second-order valence-electron chi connectivity index (χ2n) is 7.43. The van der Waals surface area contributed by atoms with Crippen molar-refractivity contribution >= 4 is 22.7 Å². The van der Waals surface area contributed by atoms with Gasteiger partial charge < -0.3 is 9.72 Å². The van der Waals surface area contributed by atoms with Crippen molar-refractivity contribution in [3.63, 3.8) is 0 Å². The molecule has 2 atom stereocenters. The monoisotopic (exact) mass is 377 g/mol. The maximum atomic E-state index is 6.30. The van der Waals surface area contributed by atoms with Gasteiger partial charge in [0.15, 0.2) is 0 Å². The Hall–Kier alpha value is -2.08. The Morgan fingerprint density at radius 3 is 3.04 bits per heavy atom. The first-order valence-electron chi connectivity index (χ1n) is 9.30. The first-order valence-corrected chi connectivity index (χ1v) is 10.3. The molecule has 0 bridgehead atoms. The average Bonchev–Trinajstić information content (AvgIpc) is 3.12. The van der Waals surface area contributed by atoms with E-state index in [0.717, 1.165) is 23.7 Å². The van der Waals surface area contributed by atoms with Gasteiger partial charge in [0.1, 0.15) is 5.60 Å². The summed E-state index contributed by atoms with van der Waals surface area (Å²) >= 11 is 1.79. The Morgan fingerprint density at radius 1 is 1.30 bits per heavy atom. The van der Waals surface area contributed by atoms with Gasteiger partial charge in [-0.15, -0.1) is 11.8 Å². The molecule has 27 heavy (non-hydrogen) atoms. The first-order chi connectivity index (χ1) is 13.2. The number of rotatable bonds is 4. The van der Waals surface area contributed by atoms with Crippen LogP contribution in [0.5, 0.6) is 0 Å². The number of hydrogen-bond acceptors (Lipinski definition) is 4. The number of likely N-dealkylation sites (N-methyl/N-ethyl adjacent to an activating group) is 1. The van der Waals surface area contributed by atoms with Gasteiger partial charge in [0, 0.05) is 42.7 Å². The molecule has 4 nitrogen and oxygen atoms in total. The quantitative estimate of drug-likeness (QED) is 0.551. The molecule has 0 unspecified atom stereocenters. The third-order valence-corrected chi connectivity index (χ3v) is 6.95. The van der Waals surface area contributed by atoms with Gasteiger partial charge in [-0.1, -0.05) is 18.2 Å². The maximum Gasteiger partial charge on any atom is 0.128 e. The van der Waals surface area contributed by atoms with Crippen LogP contribution in [0.3, 0.4) is 0 Å². The summed E-state index contributed by atoms with van der Waals surface area (Å²) < 4.78 is 6.30. The van der Waals surface area contributed by atoms with Gasteiger partial charge in [-0.2, -0.15) is 0 Å². The molecule has 1 aliphatic carbocycles. The lowest BCUT2D eigenvalue weighted by Gasteiger charge is -2.49. The molecule has 0 spiro atoms. The maximum absolute atomic E-state index is 6.30. The third kappa shape index (κ3) is 2.64. The number of H-pyrrole nitrogens is 1. The van der Waals surface area contributed by atoms with Crippen LogP contribution in [0.2, 0.25) is 0 Å². The zero-order valence-electron chi connectivity index (χ0n) is 15.6. The van der Waals surface area contributed by atoms with E-state index in [-0.39, 0.29) is 0 Å². The van der Waals surface area contributed by atoms with Crippen LogP contribution in [-0.2, 0) is 16.8 Å². The fourth-order valence-corrected chi connectivity index (χ4v) is 5.53. The summed E-state index contributed by atoms with van der Waals surface area (Å²) in [5.41, 5.74) is 4.86. The van der Waals surface area contributed by atoms with E-state index in [9.17, 15) is 0 Å². The summed E-state index contributed by atoms with van der Waals surface area (Å²) in [4.78, 5) is 10.3. The number of methoxy groups -OCH3 is 1. The van der Waals surface area contributed by atoms with Crippen LogP contribution in [0.15, 0.2) is 65.5 Å². The summed E-state index contributed by atoms with van der Waals surface area (Å²) in [6.07, 6.45) is 7.40. The van der Waals surface area contributed by atoms with Crippen LogP contribution in [0.1, 0.15) is 11.1 Å². The second kappa shape index (κ2) is 6.51. The minimum absolute atomic E-state index is 0.306. The van der Waals surface area contributed by atoms with Gasteiger partial charge in [-0.05, 0) is 54.4 Å². The molecular formula is C22H23N3OS. The normalized spacial score (nSPS) is 24.7. The Balaban J connectivity index is 1.57. The van der Waals surface area contributed by atoms with Crippen molar-refractivity contribution in [1.29, 1.82) is 0 Å². The smallest absolute Gasteiger partial charge is 0.128 e. The minimum Gasteiger partial charge on any atom is -0.368 e. The summed E-state index contributed by atoms with van der Waals surface area (Å²) in [6.45, 7) is 0.964. The summed E-state index contributed by atoms with van der Waals surface area (Å²) in [5.74, 6) is 0.926. The van der Waals surface area contributed by atoms with Crippen molar-refractivity contribution < 1.29 is 4.74 Å². The molecule has 2 aromatic heterocycles. The van der Waals surface area contributed by atoms with Crippen molar-refractivity contribution in [2.24, 2.45) is 0 Å². The number of fused-ring (bicyclic) bond motifs is 2. The molecule has 1 aromatic carbocycles. The van der Waals surface area contributed by atoms with Crippen LogP contribution in [0.4, 0.5) is 0 Å². The first kappa shape index (κ1) is 17.0. The highest BCUT2D eigenvalue weighted by atomic mass is 32.2. The van der Waals surface area contributed by atoms with E-state index in [4.69, 9.17) is 4.74 Å².